The zero-order valence-corrected chi connectivity index (χ0v) is 16.7. The zero-order valence-electron chi connectivity index (χ0n) is 16.7. The molecule has 1 aromatic rings. The van der Waals surface area contributed by atoms with Crippen molar-refractivity contribution in [2.45, 2.75) is 65.3 Å². The van der Waals surface area contributed by atoms with Crippen molar-refractivity contribution in [3.8, 4) is 5.75 Å². The Kier molecular flexibility index (Phi) is 5.87. The van der Waals surface area contributed by atoms with Gasteiger partial charge < -0.3 is 24.1 Å². The minimum absolute atomic E-state index is 0.299. The number of ether oxygens (including phenoxy) is 2. The van der Waals surface area contributed by atoms with Gasteiger partial charge >= 0.3 is 13.2 Å². The van der Waals surface area contributed by atoms with Crippen molar-refractivity contribution in [2.75, 3.05) is 13.2 Å². The monoisotopic (exact) mass is 364 g/mol. The summed E-state index contributed by atoms with van der Waals surface area (Å²) in [5, 5.41) is 2.64. The highest BCUT2D eigenvalue weighted by Crippen LogP contribution is 2.36. The molecule has 26 heavy (non-hydrogen) atoms. The fourth-order valence-electron chi connectivity index (χ4n) is 2.26. The summed E-state index contributed by atoms with van der Waals surface area (Å²) < 4.78 is 22.8. The minimum Gasteiger partial charge on any atom is -0.490 e. The highest BCUT2D eigenvalue weighted by atomic mass is 16.7. The maximum Gasteiger partial charge on any atom is 0.496 e. The molecule has 0 atom stereocenters. The van der Waals surface area contributed by atoms with Gasteiger partial charge in [0.25, 0.3) is 0 Å². The molecule has 0 aromatic carbocycles. The highest BCUT2D eigenvalue weighted by molar-refractivity contribution is 6.62. The SMILES string of the molecule is CC(C)(C)OC(=O)NCCOc1cncc(B2OC(C)(C)C(C)(C)O2)c1. The fraction of sp³-hybridized carbons (Fsp3) is 0.667. The lowest BCUT2D eigenvalue weighted by molar-refractivity contribution is 0.00578. The van der Waals surface area contributed by atoms with E-state index in [0.717, 1.165) is 5.46 Å². The molecule has 2 heterocycles. The molecule has 0 saturated carbocycles. The number of carbonyl (C=O) groups is 1. The van der Waals surface area contributed by atoms with Crippen molar-refractivity contribution in [2.24, 2.45) is 0 Å². The first-order chi connectivity index (χ1) is 11.9. The minimum atomic E-state index is -0.522. The number of alkyl carbamates (subject to hydrolysis) is 1. The molecule has 1 aliphatic rings. The molecular weight excluding hydrogens is 335 g/mol. The molecule has 2 rings (SSSR count). The van der Waals surface area contributed by atoms with Gasteiger partial charge in [0.2, 0.25) is 0 Å². The maximum absolute atomic E-state index is 11.6. The standard InChI is InChI=1S/C18H29BN2O5/c1-16(2,3)24-15(22)21-8-9-23-14-10-13(11-20-12-14)19-25-17(4,5)18(6,7)26-19/h10-12H,8-9H2,1-7H3,(H,21,22). The number of rotatable bonds is 5. The predicted molar refractivity (Wildman–Crippen MR) is 99.7 cm³/mol. The van der Waals surface area contributed by atoms with Crippen LogP contribution in [0.1, 0.15) is 48.5 Å². The average Bonchev–Trinajstić information content (AvgIpc) is 2.71. The largest absolute Gasteiger partial charge is 0.496 e. The van der Waals surface area contributed by atoms with Gasteiger partial charge in [0.15, 0.2) is 0 Å². The molecule has 1 fully saturated rings. The van der Waals surface area contributed by atoms with E-state index >= 15 is 0 Å². The van der Waals surface area contributed by atoms with Gasteiger partial charge in [-0.05, 0) is 54.5 Å². The molecule has 0 spiro atoms. The van der Waals surface area contributed by atoms with Crippen LogP contribution < -0.4 is 15.5 Å². The van der Waals surface area contributed by atoms with Crippen LogP contribution in [-0.4, -0.2) is 48.2 Å². The summed E-state index contributed by atoms with van der Waals surface area (Å²) in [6.07, 6.45) is 2.85. The van der Waals surface area contributed by atoms with E-state index < -0.39 is 30.0 Å². The number of nitrogens with zero attached hydrogens (tertiary/aromatic N) is 1. The summed E-state index contributed by atoms with van der Waals surface area (Å²) >= 11 is 0. The summed E-state index contributed by atoms with van der Waals surface area (Å²) in [6.45, 7) is 14.1. The molecule has 0 aliphatic carbocycles. The normalized spacial score (nSPS) is 18.5. The molecule has 8 heteroatoms. The lowest BCUT2D eigenvalue weighted by atomic mass is 9.80. The van der Waals surface area contributed by atoms with Crippen LogP contribution in [-0.2, 0) is 14.0 Å². The number of pyridine rings is 1. The molecule has 144 valence electrons. The summed E-state index contributed by atoms with van der Waals surface area (Å²) in [7, 11) is -0.490. The van der Waals surface area contributed by atoms with Crippen molar-refractivity contribution < 1.29 is 23.6 Å². The van der Waals surface area contributed by atoms with E-state index in [1.54, 1.807) is 12.4 Å². The number of nitrogens with one attached hydrogen (secondary N) is 1. The highest BCUT2D eigenvalue weighted by Gasteiger charge is 2.51. The molecule has 1 N–H and O–H groups in total. The summed E-state index contributed by atoms with van der Waals surface area (Å²) in [5.74, 6) is 0.586. The zero-order chi connectivity index (χ0) is 19.6. The Labute approximate surface area is 155 Å². The molecule has 0 unspecified atom stereocenters. The van der Waals surface area contributed by atoms with E-state index in [1.807, 2.05) is 54.5 Å². The molecule has 0 radical (unpaired) electrons. The molecule has 1 aliphatic heterocycles. The van der Waals surface area contributed by atoms with Crippen LogP contribution in [0.4, 0.5) is 4.79 Å². The molecule has 1 saturated heterocycles. The average molecular weight is 364 g/mol. The summed E-state index contributed by atoms with van der Waals surface area (Å²) in [5.41, 5.74) is -0.551. The maximum atomic E-state index is 11.6. The first-order valence-electron chi connectivity index (χ1n) is 8.80. The summed E-state index contributed by atoms with van der Waals surface area (Å²) in [6, 6.07) is 1.84. The second kappa shape index (κ2) is 7.44. The Morgan fingerprint density at radius 2 is 1.81 bits per heavy atom. The quantitative estimate of drug-likeness (QED) is 0.638. The Balaban J connectivity index is 1.86. The Hall–Kier alpha value is -1.80. The van der Waals surface area contributed by atoms with Crippen molar-refractivity contribution in [3.63, 3.8) is 0 Å². The van der Waals surface area contributed by atoms with Crippen LogP contribution in [0.25, 0.3) is 0 Å². The van der Waals surface area contributed by atoms with E-state index in [0.29, 0.717) is 18.9 Å². The molecule has 0 bridgehead atoms. The van der Waals surface area contributed by atoms with Crippen LogP contribution in [0.2, 0.25) is 0 Å². The van der Waals surface area contributed by atoms with Crippen molar-refractivity contribution in [1.82, 2.24) is 10.3 Å². The number of amides is 1. The van der Waals surface area contributed by atoms with Crippen molar-refractivity contribution in [3.05, 3.63) is 18.5 Å². The van der Waals surface area contributed by atoms with Gasteiger partial charge in [-0.15, -0.1) is 0 Å². The van der Waals surface area contributed by atoms with Gasteiger partial charge in [0, 0.05) is 11.7 Å². The third-order valence-electron chi connectivity index (χ3n) is 4.30. The number of carbonyl (C=O) groups excluding carboxylic acids is 1. The van der Waals surface area contributed by atoms with Crippen LogP contribution in [0.15, 0.2) is 18.5 Å². The van der Waals surface area contributed by atoms with Crippen molar-refractivity contribution >= 4 is 18.7 Å². The van der Waals surface area contributed by atoms with Gasteiger partial charge in [0.05, 0.1) is 23.9 Å². The van der Waals surface area contributed by atoms with E-state index in [1.165, 1.54) is 0 Å². The number of hydrogen-bond acceptors (Lipinski definition) is 6. The Morgan fingerprint density at radius 3 is 2.38 bits per heavy atom. The van der Waals surface area contributed by atoms with Crippen LogP contribution >= 0.6 is 0 Å². The first-order valence-corrected chi connectivity index (χ1v) is 8.80. The van der Waals surface area contributed by atoms with Crippen LogP contribution in [0, 0.1) is 0 Å². The van der Waals surface area contributed by atoms with E-state index in [4.69, 9.17) is 18.8 Å². The van der Waals surface area contributed by atoms with E-state index in [2.05, 4.69) is 10.3 Å². The fourth-order valence-corrected chi connectivity index (χ4v) is 2.26. The third kappa shape index (κ3) is 5.35. The van der Waals surface area contributed by atoms with Gasteiger partial charge in [-0.2, -0.15) is 0 Å². The Morgan fingerprint density at radius 1 is 1.19 bits per heavy atom. The van der Waals surface area contributed by atoms with Gasteiger partial charge in [-0.25, -0.2) is 4.79 Å². The topological polar surface area (TPSA) is 78.9 Å². The molecular formula is C18H29BN2O5. The van der Waals surface area contributed by atoms with Crippen LogP contribution in [0.5, 0.6) is 5.75 Å². The smallest absolute Gasteiger partial charge is 0.490 e. The predicted octanol–water partition coefficient (Wildman–Crippen LogP) is 2.28. The third-order valence-corrected chi connectivity index (χ3v) is 4.30. The van der Waals surface area contributed by atoms with E-state index in [9.17, 15) is 4.79 Å². The second-order valence-electron chi connectivity index (χ2n) is 8.32. The van der Waals surface area contributed by atoms with Gasteiger partial charge in [-0.3, -0.25) is 4.98 Å². The van der Waals surface area contributed by atoms with Crippen LogP contribution in [0.3, 0.4) is 0 Å². The Bertz CT molecular complexity index is 627. The van der Waals surface area contributed by atoms with Gasteiger partial charge in [-0.1, -0.05) is 0 Å². The molecule has 7 nitrogen and oxygen atoms in total. The number of aromatic nitrogens is 1. The van der Waals surface area contributed by atoms with Crippen molar-refractivity contribution in [1.29, 1.82) is 0 Å². The molecule has 1 amide bonds. The second-order valence-corrected chi connectivity index (χ2v) is 8.32. The lowest BCUT2D eigenvalue weighted by Crippen LogP contribution is -2.41. The molecule has 1 aromatic heterocycles. The first kappa shape index (κ1) is 20.5. The van der Waals surface area contributed by atoms with Gasteiger partial charge in [0.1, 0.15) is 18.0 Å². The summed E-state index contributed by atoms with van der Waals surface area (Å²) in [4.78, 5) is 15.8. The number of hydrogen-bond donors (Lipinski definition) is 1. The van der Waals surface area contributed by atoms with E-state index in [-0.39, 0.29) is 0 Å². The lowest BCUT2D eigenvalue weighted by Gasteiger charge is -2.32.